The molecule has 0 radical (unpaired) electrons. The molecule has 1 amide bonds. The SMILES string of the molecule is CC1=CC(=NNC(=O)OC(C)(C)C)CC1. The maximum absolute atomic E-state index is 11.2. The van der Waals surface area contributed by atoms with E-state index in [2.05, 4.69) is 17.5 Å². The number of hydrogen-bond acceptors (Lipinski definition) is 3. The zero-order chi connectivity index (χ0) is 11.5. The molecule has 1 aliphatic carbocycles. The van der Waals surface area contributed by atoms with Gasteiger partial charge in [0.2, 0.25) is 0 Å². The van der Waals surface area contributed by atoms with E-state index in [-0.39, 0.29) is 0 Å². The van der Waals surface area contributed by atoms with E-state index >= 15 is 0 Å². The standard InChI is InChI=1S/C11H18N2O2/c1-8-5-6-9(7-8)12-13-10(14)15-11(2,3)4/h7H,5-6H2,1-4H3,(H,13,14). The molecule has 15 heavy (non-hydrogen) atoms. The molecule has 0 heterocycles. The molecule has 0 saturated heterocycles. The van der Waals surface area contributed by atoms with Crippen LogP contribution in [-0.2, 0) is 4.74 Å². The van der Waals surface area contributed by atoms with Crippen molar-refractivity contribution in [2.24, 2.45) is 5.10 Å². The number of nitrogens with zero attached hydrogens (tertiary/aromatic N) is 1. The number of amides is 1. The van der Waals surface area contributed by atoms with Gasteiger partial charge in [-0.2, -0.15) is 5.10 Å². The molecule has 1 rings (SSSR count). The van der Waals surface area contributed by atoms with E-state index < -0.39 is 11.7 Å². The predicted molar refractivity (Wildman–Crippen MR) is 59.8 cm³/mol. The van der Waals surface area contributed by atoms with E-state index in [9.17, 15) is 4.79 Å². The quantitative estimate of drug-likeness (QED) is 0.676. The fourth-order valence-electron chi connectivity index (χ4n) is 1.26. The smallest absolute Gasteiger partial charge is 0.428 e. The molecule has 84 valence electrons. The normalized spacial score (nSPS) is 18.9. The molecule has 0 unspecified atom stereocenters. The first-order valence-corrected chi connectivity index (χ1v) is 5.09. The van der Waals surface area contributed by atoms with Gasteiger partial charge >= 0.3 is 6.09 Å². The predicted octanol–water partition coefficient (Wildman–Crippen LogP) is 2.61. The molecular formula is C11H18N2O2. The van der Waals surface area contributed by atoms with Gasteiger partial charge in [0.05, 0.1) is 5.71 Å². The van der Waals surface area contributed by atoms with E-state index in [0.29, 0.717) is 0 Å². The largest absolute Gasteiger partial charge is 0.443 e. The van der Waals surface area contributed by atoms with Crippen molar-refractivity contribution in [2.75, 3.05) is 0 Å². The first kappa shape index (κ1) is 11.8. The van der Waals surface area contributed by atoms with Gasteiger partial charge in [0, 0.05) is 0 Å². The van der Waals surface area contributed by atoms with Gasteiger partial charge in [-0.15, -0.1) is 0 Å². The Balaban J connectivity index is 2.41. The van der Waals surface area contributed by atoms with Crippen molar-refractivity contribution >= 4 is 11.8 Å². The summed E-state index contributed by atoms with van der Waals surface area (Å²) < 4.78 is 5.05. The summed E-state index contributed by atoms with van der Waals surface area (Å²) in [7, 11) is 0. The average Bonchev–Trinajstić information content (AvgIpc) is 2.45. The van der Waals surface area contributed by atoms with Crippen molar-refractivity contribution in [1.29, 1.82) is 0 Å². The van der Waals surface area contributed by atoms with Crippen LogP contribution in [-0.4, -0.2) is 17.4 Å². The molecule has 0 atom stereocenters. The van der Waals surface area contributed by atoms with Gasteiger partial charge in [-0.05, 0) is 46.6 Å². The number of carbonyl (C=O) groups excluding carboxylic acids is 1. The van der Waals surface area contributed by atoms with Crippen molar-refractivity contribution in [3.05, 3.63) is 11.6 Å². The molecule has 0 spiro atoms. The monoisotopic (exact) mass is 210 g/mol. The summed E-state index contributed by atoms with van der Waals surface area (Å²) >= 11 is 0. The van der Waals surface area contributed by atoms with Gasteiger partial charge in [0.25, 0.3) is 0 Å². The molecular weight excluding hydrogens is 192 g/mol. The molecule has 0 aromatic heterocycles. The Labute approximate surface area is 90.4 Å². The lowest BCUT2D eigenvalue weighted by Crippen LogP contribution is -2.30. The lowest BCUT2D eigenvalue weighted by molar-refractivity contribution is 0.0529. The highest BCUT2D eigenvalue weighted by molar-refractivity contribution is 5.98. The number of hydrazone groups is 1. The minimum Gasteiger partial charge on any atom is -0.443 e. The van der Waals surface area contributed by atoms with Crippen molar-refractivity contribution in [2.45, 2.75) is 46.1 Å². The van der Waals surface area contributed by atoms with Crippen LogP contribution in [0.1, 0.15) is 40.5 Å². The van der Waals surface area contributed by atoms with Crippen LogP contribution < -0.4 is 5.43 Å². The van der Waals surface area contributed by atoms with Crippen LogP contribution in [0, 0.1) is 0 Å². The van der Waals surface area contributed by atoms with E-state index in [0.717, 1.165) is 18.6 Å². The van der Waals surface area contributed by atoms with Crippen molar-refractivity contribution < 1.29 is 9.53 Å². The number of nitrogens with one attached hydrogen (secondary N) is 1. The van der Waals surface area contributed by atoms with Crippen LogP contribution in [0.15, 0.2) is 16.8 Å². The molecule has 0 fully saturated rings. The lowest BCUT2D eigenvalue weighted by Gasteiger charge is -2.18. The van der Waals surface area contributed by atoms with Crippen molar-refractivity contribution in [3.8, 4) is 0 Å². The summed E-state index contributed by atoms with van der Waals surface area (Å²) in [5.74, 6) is 0. The average molecular weight is 210 g/mol. The Morgan fingerprint density at radius 2 is 2.13 bits per heavy atom. The second-order valence-electron chi connectivity index (χ2n) is 4.71. The Bertz CT molecular complexity index is 311. The van der Waals surface area contributed by atoms with Crippen LogP contribution >= 0.6 is 0 Å². The van der Waals surface area contributed by atoms with E-state index in [1.165, 1.54) is 5.57 Å². The van der Waals surface area contributed by atoms with Crippen molar-refractivity contribution in [1.82, 2.24) is 5.43 Å². The third kappa shape index (κ3) is 4.63. The van der Waals surface area contributed by atoms with Crippen LogP contribution in [0.5, 0.6) is 0 Å². The van der Waals surface area contributed by atoms with Crippen molar-refractivity contribution in [3.63, 3.8) is 0 Å². The molecule has 0 bridgehead atoms. The summed E-state index contributed by atoms with van der Waals surface area (Å²) in [6, 6.07) is 0. The Morgan fingerprint density at radius 3 is 2.60 bits per heavy atom. The number of allylic oxidation sites excluding steroid dienone is 2. The lowest BCUT2D eigenvalue weighted by atomic mass is 10.2. The second-order valence-corrected chi connectivity index (χ2v) is 4.71. The van der Waals surface area contributed by atoms with E-state index in [4.69, 9.17) is 4.74 Å². The molecule has 0 aromatic carbocycles. The Morgan fingerprint density at radius 1 is 1.47 bits per heavy atom. The summed E-state index contributed by atoms with van der Waals surface area (Å²) in [5, 5.41) is 3.97. The van der Waals surface area contributed by atoms with Gasteiger partial charge in [-0.3, -0.25) is 0 Å². The maximum Gasteiger partial charge on any atom is 0.428 e. The summed E-state index contributed by atoms with van der Waals surface area (Å²) in [4.78, 5) is 11.2. The van der Waals surface area contributed by atoms with E-state index in [1.807, 2.05) is 26.8 Å². The molecule has 0 aliphatic heterocycles. The highest BCUT2D eigenvalue weighted by atomic mass is 16.6. The van der Waals surface area contributed by atoms with E-state index in [1.54, 1.807) is 0 Å². The summed E-state index contributed by atoms with van der Waals surface area (Å²) in [6.07, 6.45) is 3.39. The summed E-state index contributed by atoms with van der Waals surface area (Å²) in [5.41, 5.74) is 4.10. The first-order chi connectivity index (χ1) is 6.87. The van der Waals surface area contributed by atoms with Crippen LogP contribution in [0.2, 0.25) is 0 Å². The Hall–Kier alpha value is -1.32. The zero-order valence-electron chi connectivity index (χ0n) is 9.76. The molecule has 0 saturated carbocycles. The third-order valence-corrected chi connectivity index (χ3v) is 1.88. The summed E-state index contributed by atoms with van der Waals surface area (Å²) in [6.45, 7) is 7.51. The van der Waals surface area contributed by atoms with Gasteiger partial charge in [-0.1, -0.05) is 5.57 Å². The van der Waals surface area contributed by atoms with Crippen LogP contribution in [0.4, 0.5) is 4.79 Å². The van der Waals surface area contributed by atoms with Gasteiger partial charge in [-0.25, -0.2) is 10.2 Å². The minimum atomic E-state index is -0.507. The molecule has 1 aliphatic rings. The highest BCUT2D eigenvalue weighted by Gasteiger charge is 2.16. The highest BCUT2D eigenvalue weighted by Crippen LogP contribution is 2.14. The fourth-order valence-corrected chi connectivity index (χ4v) is 1.26. The molecule has 0 aromatic rings. The topological polar surface area (TPSA) is 50.7 Å². The first-order valence-electron chi connectivity index (χ1n) is 5.09. The maximum atomic E-state index is 11.2. The number of carbonyl (C=O) groups is 1. The van der Waals surface area contributed by atoms with Crippen LogP contribution in [0.25, 0.3) is 0 Å². The number of rotatable bonds is 1. The third-order valence-electron chi connectivity index (χ3n) is 1.88. The van der Waals surface area contributed by atoms with Gasteiger partial charge in [0.1, 0.15) is 5.60 Å². The minimum absolute atomic E-state index is 0.480. The Kier molecular flexibility index (Phi) is 3.50. The number of hydrogen-bond donors (Lipinski definition) is 1. The fraction of sp³-hybridized carbons (Fsp3) is 0.636. The van der Waals surface area contributed by atoms with Gasteiger partial charge in [0.15, 0.2) is 0 Å². The second kappa shape index (κ2) is 4.47. The molecule has 1 N–H and O–H groups in total. The molecule has 4 heteroatoms. The zero-order valence-corrected chi connectivity index (χ0v) is 9.76. The van der Waals surface area contributed by atoms with Gasteiger partial charge < -0.3 is 4.74 Å². The molecule has 4 nitrogen and oxygen atoms in total. The number of ether oxygens (including phenoxy) is 1. The van der Waals surface area contributed by atoms with Crippen LogP contribution in [0.3, 0.4) is 0 Å².